The number of carbonyl (C=O) groups excluding carboxylic acids is 2. The molecule has 0 N–H and O–H groups in total. The first-order valence-electron chi connectivity index (χ1n) is 11.0. The highest BCUT2D eigenvalue weighted by atomic mass is 35.5. The van der Waals surface area contributed by atoms with Crippen LogP contribution in [0.15, 0.2) is 35.1 Å². The van der Waals surface area contributed by atoms with E-state index in [0.29, 0.717) is 5.56 Å². The zero-order valence-corrected chi connectivity index (χ0v) is 20.6. The van der Waals surface area contributed by atoms with Gasteiger partial charge in [-0.15, -0.1) is 0 Å². The summed E-state index contributed by atoms with van der Waals surface area (Å²) >= 11 is 6.10. The van der Waals surface area contributed by atoms with Crippen molar-refractivity contribution >= 4 is 46.1 Å². The molecular weight excluding hydrogens is 516 g/mol. The van der Waals surface area contributed by atoms with E-state index >= 15 is 0 Å². The van der Waals surface area contributed by atoms with E-state index in [2.05, 4.69) is 0 Å². The molecular formula is C24H20ClF2N3O7. The lowest BCUT2D eigenvalue weighted by molar-refractivity contribution is -0.386. The van der Waals surface area contributed by atoms with Gasteiger partial charge in [0.2, 0.25) is 11.2 Å². The van der Waals surface area contributed by atoms with E-state index in [1.54, 1.807) is 44.2 Å². The van der Waals surface area contributed by atoms with Crippen molar-refractivity contribution in [1.29, 1.82) is 0 Å². The summed E-state index contributed by atoms with van der Waals surface area (Å²) in [5.41, 5.74) is -4.69. The van der Waals surface area contributed by atoms with Gasteiger partial charge in [-0.1, -0.05) is 41.9 Å². The van der Waals surface area contributed by atoms with Gasteiger partial charge in [0.15, 0.2) is 5.82 Å². The number of nitro groups is 1. The smallest absolute Gasteiger partial charge is 0.415 e. The molecule has 1 amide bonds. The summed E-state index contributed by atoms with van der Waals surface area (Å²) in [5.74, 6) is -5.28. The number of hydrogen-bond donors (Lipinski definition) is 0. The van der Waals surface area contributed by atoms with Crippen LogP contribution in [0.25, 0.3) is 10.9 Å². The second kappa shape index (κ2) is 9.43. The van der Waals surface area contributed by atoms with Crippen LogP contribution in [0.2, 0.25) is 5.02 Å². The van der Waals surface area contributed by atoms with Gasteiger partial charge >= 0.3 is 17.7 Å². The molecule has 0 saturated heterocycles. The highest BCUT2D eigenvalue weighted by Gasteiger charge is 2.46. The van der Waals surface area contributed by atoms with Gasteiger partial charge in [-0.25, -0.2) is 14.0 Å². The lowest BCUT2D eigenvalue weighted by atomic mass is 10.0. The summed E-state index contributed by atoms with van der Waals surface area (Å²) < 4.78 is 40.9. The molecule has 0 radical (unpaired) electrons. The minimum Gasteiger partial charge on any atom is -0.462 e. The zero-order valence-electron chi connectivity index (χ0n) is 19.8. The van der Waals surface area contributed by atoms with Crippen molar-refractivity contribution < 1.29 is 32.8 Å². The lowest BCUT2D eigenvalue weighted by Crippen LogP contribution is -2.35. The topological polar surface area (TPSA) is 121 Å². The normalized spacial score (nSPS) is 13.9. The molecule has 3 aromatic rings. The quantitative estimate of drug-likeness (QED) is 0.197. The number of amides is 1. The fraction of sp³-hybridized carbons (Fsp3) is 0.292. The predicted octanol–water partition coefficient (Wildman–Crippen LogP) is 4.91. The molecule has 1 aromatic heterocycles. The molecule has 2 aromatic carbocycles. The Labute approximate surface area is 213 Å². The van der Waals surface area contributed by atoms with Crippen LogP contribution in [0.4, 0.5) is 25.1 Å². The van der Waals surface area contributed by atoms with E-state index in [1.165, 1.54) is 6.92 Å². The number of rotatable bonds is 5. The fourth-order valence-electron chi connectivity index (χ4n) is 4.39. The maximum absolute atomic E-state index is 14.8. The Morgan fingerprint density at radius 1 is 1.16 bits per heavy atom. The molecule has 1 aliphatic rings. The fourth-order valence-corrected chi connectivity index (χ4v) is 4.65. The molecule has 0 atom stereocenters. The SMILES string of the molecule is CCOC(=O)c1c2n(c3c(Cl)c(F)c(F)c([N+](=O)[O-])c3c1=O)C(C)(C)CN2C(=O)OCc1ccccc1. The summed E-state index contributed by atoms with van der Waals surface area (Å²) in [4.78, 5) is 51.1. The van der Waals surface area contributed by atoms with Crippen LogP contribution in [-0.4, -0.2) is 34.7 Å². The van der Waals surface area contributed by atoms with Gasteiger partial charge in [-0.05, 0) is 26.3 Å². The molecule has 0 saturated carbocycles. The first-order valence-corrected chi connectivity index (χ1v) is 11.4. The Bertz CT molecular complexity index is 1520. The van der Waals surface area contributed by atoms with Crippen molar-refractivity contribution in [2.75, 3.05) is 18.1 Å². The van der Waals surface area contributed by atoms with Gasteiger partial charge in [0.05, 0.1) is 29.1 Å². The van der Waals surface area contributed by atoms with Gasteiger partial charge in [0.25, 0.3) is 0 Å². The third kappa shape index (κ3) is 4.16. The zero-order chi connectivity index (χ0) is 27.2. The van der Waals surface area contributed by atoms with E-state index in [4.69, 9.17) is 21.1 Å². The van der Waals surface area contributed by atoms with Crippen LogP contribution >= 0.6 is 11.6 Å². The minimum absolute atomic E-state index is 0.144. The molecule has 0 bridgehead atoms. The van der Waals surface area contributed by atoms with Crippen molar-refractivity contribution in [3.63, 3.8) is 0 Å². The molecule has 1 aliphatic heterocycles. The Balaban J connectivity index is 2.06. The van der Waals surface area contributed by atoms with Gasteiger partial charge in [0, 0.05) is 0 Å². The predicted molar refractivity (Wildman–Crippen MR) is 129 cm³/mol. The minimum atomic E-state index is -1.95. The number of nitro benzene ring substituents is 1. The summed E-state index contributed by atoms with van der Waals surface area (Å²) in [6.45, 7) is 4.05. The second-order valence-electron chi connectivity index (χ2n) is 8.79. The number of pyridine rings is 1. The molecule has 0 spiro atoms. The van der Waals surface area contributed by atoms with Crippen molar-refractivity contribution in [3.05, 3.63) is 78.5 Å². The Morgan fingerprint density at radius 3 is 2.41 bits per heavy atom. The van der Waals surface area contributed by atoms with Gasteiger partial charge in [0.1, 0.15) is 28.4 Å². The van der Waals surface area contributed by atoms with E-state index in [0.717, 1.165) is 9.47 Å². The molecule has 13 heteroatoms. The van der Waals surface area contributed by atoms with Crippen molar-refractivity contribution in [3.8, 4) is 0 Å². The number of benzene rings is 2. The van der Waals surface area contributed by atoms with Crippen molar-refractivity contribution in [1.82, 2.24) is 4.57 Å². The number of hydrogen-bond acceptors (Lipinski definition) is 7. The molecule has 194 valence electrons. The van der Waals surface area contributed by atoms with Crippen molar-refractivity contribution in [2.24, 2.45) is 0 Å². The molecule has 0 unspecified atom stereocenters. The number of nitrogens with zero attached hydrogens (tertiary/aromatic N) is 3. The van der Waals surface area contributed by atoms with E-state index in [-0.39, 0.29) is 25.6 Å². The standard InChI is InChI=1S/C24H20ClF2N3O7/c1-4-36-22(32)14-20(31)13-18(15(25)16(26)17(27)19(13)30(34)35)29-21(14)28(11-24(29,2)3)23(33)37-10-12-8-6-5-7-9-12/h5-9H,4,10-11H2,1-3H3. The Morgan fingerprint density at radius 2 is 1.81 bits per heavy atom. The molecule has 4 rings (SSSR count). The number of esters is 1. The Hall–Kier alpha value is -4.06. The number of halogens is 3. The van der Waals surface area contributed by atoms with Crippen LogP contribution in [0, 0.1) is 21.7 Å². The first-order chi connectivity index (χ1) is 17.4. The lowest BCUT2D eigenvalue weighted by Gasteiger charge is -2.24. The number of carbonyl (C=O) groups is 2. The summed E-state index contributed by atoms with van der Waals surface area (Å²) in [6, 6.07) is 8.69. The third-order valence-corrected chi connectivity index (χ3v) is 6.23. The largest absolute Gasteiger partial charge is 0.462 e. The second-order valence-corrected chi connectivity index (χ2v) is 9.17. The van der Waals surface area contributed by atoms with Crippen LogP contribution in [-0.2, 0) is 21.6 Å². The number of fused-ring (bicyclic) bond motifs is 3. The number of aromatic nitrogens is 1. The van der Waals surface area contributed by atoms with Gasteiger partial charge in [-0.3, -0.25) is 19.8 Å². The van der Waals surface area contributed by atoms with E-state index in [9.17, 15) is 33.3 Å². The van der Waals surface area contributed by atoms with Crippen LogP contribution in [0.3, 0.4) is 0 Å². The molecule has 37 heavy (non-hydrogen) atoms. The van der Waals surface area contributed by atoms with Crippen LogP contribution < -0.4 is 10.3 Å². The van der Waals surface area contributed by atoms with Crippen LogP contribution in [0.5, 0.6) is 0 Å². The summed E-state index contributed by atoms with van der Waals surface area (Å²) in [7, 11) is 0. The molecule has 0 aliphatic carbocycles. The number of anilines is 1. The molecule has 0 fully saturated rings. The van der Waals surface area contributed by atoms with Gasteiger partial charge in [-0.2, -0.15) is 4.39 Å². The average molecular weight is 536 g/mol. The first kappa shape index (κ1) is 26.0. The monoisotopic (exact) mass is 535 g/mol. The van der Waals surface area contributed by atoms with E-state index < -0.39 is 66.8 Å². The maximum atomic E-state index is 14.8. The van der Waals surface area contributed by atoms with E-state index in [1.807, 2.05) is 0 Å². The third-order valence-electron chi connectivity index (χ3n) is 5.88. The van der Waals surface area contributed by atoms with Crippen molar-refractivity contribution in [2.45, 2.75) is 32.9 Å². The Kier molecular flexibility index (Phi) is 6.63. The highest BCUT2D eigenvalue weighted by Crippen LogP contribution is 2.44. The average Bonchev–Trinajstić information content (AvgIpc) is 3.12. The highest BCUT2D eigenvalue weighted by molar-refractivity contribution is 6.36. The molecule has 2 heterocycles. The van der Waals surface area contributed by atoms with Gasteiger partial charge < -0.3 is 14.0 Å². The summed E-state index contributed by atoms with van der Waals surface area (Å²) in [5, 5.41) is 9.88. The van der Waals surface area contributed by atoms with Crippen LogP contribution in [0.1, 0.15) is 36.7 Å². The number of ether oxygens (including phenoxy) is 2. The molecule has 10 nitrogen and oxygen atoms in total. The maximum Gasteiger partial charge on any atom is 0.415 e. The summed E-state index contributed by atoms with van der Waals surface area (Å²) in [6.07, 6.45) is -0.958.